The second-order valence-corrected chi connectivity index (χ2v) is 4.05. The number of rotatable bonds is 2. The Morgan fingerprint density at radius 1 is 1.62 bits per heavy atom. The summed E-state index contributed by atoms with van der Waals surface area (Å²) in [5.74, 6) is -1.12. The van der Waals surface area contributed by atoms with Gasteiger partial charge in [0.2, 0.25) is 0 Å². The molecular formula is C8H14N2O3. The van der Waals surface area contributed by atoms with E-state index >= 15 is 0 Å². The summed E-state index contributed by atoms with van der Waals surface area (Å²) < 4.78 is 0. The van der Waals surface area contributed by atoms with E-state index in [0.29, 0.717) is 19.4 Å². The Bertz CT molecular complexity index is 227. The molecule has 1 aliphatic rings. The number of carboxylic acids is 1. The van der Waals surface area contributed by atoms with Gasteiger partial charge in [0, 0.05) is 6.54 Å². The summed E-state index contributed by atoms with van der Waals surface area (Å²) in [5, 5.41) is 13.1. The van der Waals surface area contributed by atoms with E-state index in [9.17, 15) is 9.70 Å². The largest absolute Gasteiger partial charge is 0.481 e. The molecule has 0 aliphatic carbocycles. The standard InChI is InChI=1S/C8H14N2O3/c1-8(2)5-6(7(11)12)3-4-10(8)9-13/h6H,3-5H2,1-2H3,(H,11,12). The monoisotopic (exact) mass is 186 g/mol. The van der Waals surface area contributed by atoms with E-state index in [4.69, 9.17) is 5.11 Å². The second kappa shape index (κ2) is 3.32. The maximum atomic E-state index is 10.7. The van der Waals surface area contributed by atoms with Crippen molar-refractivity contribution in [3.63, 3.8) is 0 Å². The maximum absolute atomic E-state index is 10.7. The van der Waals surface area contributed by atoms with Crippen molar-refractivity contribution >= 4 is 5.97 Å². The van der Waals surface area contributed by atoms with Gasteiger partial charge in [-0.15, -0.1) is 4.91 Å². The van der Waals surface area contributed by atoms with E-state index in [1.165, 1.54) is 5.01 Å². The first-order valence-corrected chi connectivity index (χ1v) is 4.31. The van der Waals surface area contributed by atoms with Crippen LogP contribution in [0.1, 0.15) is 26.7 Å². The Balaban J connectivity index is 2.69. The van der Waals surface area contributed by atoms with Crippen LogP contribution in [0.4, 0.5) is 0 Å². The van der Waals surface area contributed by atoms with Gasteiger partial charge in [0.1, 0.15) is 0 Å². The first-order valence-electron chi connectivity index (χ1n) is 4.31. The Morgan fingerprint density at radius 2 is 2.23 bits per heavy atom. The molecule has 0 aromatic carbocycles. The van der Waals surface area contributed by atoms with Crippen molar-refractivity contribution in [3.05, 3.63) is 4.91 Å². The minimum absolute atomic E-state index is 0.340. The summed E-state index contributed by atoms with van der Waals surface area (Å²) in [5.41, 5.74) is -0.428. The lowest BCUT2D eigenvalue weighted by Crippen LogP contribution is -2.48. The molecule has 0 saturated carbocycles. The summed E-state index contributed by atoms with van der Waals surface area (Å²) in [6, 6.07) is 0. The van der Waals surface area contributed by atoms with Crippen LogP contribution in [0.5, 0.6) is 0 Å². The molecule has 0 aromatic heterocycles. The molecule has 1 atom stereocenters. The van der Waals surface area contributed by atoms with Crippen LogP contribution in [-0.4, -0.2) is 28.2 Å². The van der Waals surface area contributed by atoms with E-state index in [2.05, 4.69) is 5.29 Å². The van der Waals surface area contributed by atoms with Crippen molar-refractivity contribution in [1.82, 2.24) is 5.01 Å². The molecule has 1 N–H and O–H groups in total. The van der Waals surface area contributed by atoms with Gasteiger partial charge in [0.15, 0.2) is 0 Å². The molecule has 13 heavy (non-hydrogen) atoms. The molecule has 1 aliphatic heterocycles. The average Bonchev–Trinajstić information content (AvgIpc) is 2.02. The van der Waals surface area contributed by atoms with Crippen molar-refractivity contribution < 1.29 is 9.90 Å². The molecule has 1 saturated heterocycles. The van der Waals surface area contributed by atoms with E-state index in [-0.39, 0.29) is 5.92 Å². The number of hydrogen-bond donors (Lipinski definition) is 1. The van der Waals surface area contributed by atoms with E-state index in [1.54, 1.807) is 0 Å². The molecule has 1 fully saturated rings. The number of carbonyl (C=O) groups is 1. The highest BCUT2D eigenvalue weighted by molar-refractivity contribution is 5.70. The normalized spacial score (nSPS) is 26.9. The molecule has 0 spiro atoms. The van der Waals surface area contributed by atoms with E-state index < -0.39 is 11.5 Å². The first kappa shape index (κ1) is 9.95. The topological polar surface area (TPSA) is 70.0 Å². The maximum Gasteiger partial charge on any atom is 0.306 e. The minimum Gasteiger partial charge on any atom is -0.481 e. The predicted octanol–water partition coefficient (Wildman–Crippen LogP) is 1.24. The lowest BCUT2D eigenvalue weighted by atomic mass is 9.84. The van der Waals surface area contributed by atoms with Crippen LogP contribution in [0.15, 0.2) is 5.29 Å². The smallest absolute Gasteiger partial charge is 0.306 e. The summed E-state index contributed by atoms with van der Waals surface area (Å²) >= 11 is 0. The zero-order chi connectivity index (χ0) is 10.1. The van der Waals surface area contributed by atoms with Gasteiger partial charge in [-0.2, -0.15) is 0 Å². The fraction of sp³-hybridized carbons (Fsp3) is 0.875. The molecule has 74 valence electrons. The molecule has 0 aromatic rings. The lowest BCUT2D eigenvalue weighted by molar-refractivity contribution is -0.145. The zero-order valence-corrected chi connectivity index (χ0v) is 7.86. The Kier molecular flexibility index (Phi) is 2.54. The van der Waals surface area contributed by atoms with Gasteiger partial charge in [0.05, 0.1) is 16.7 Å². The summed E-state index contributed by atoms with van der Waals surface area (Å²) in [4.78, 5) is 21.1. The van der Waals surface area contributed by atoms with Gasteiger partial charge in [0.25, 0.3) is 0 Å². The Labute approximate surface area is 76.7 Å². The number of nitroso groups, excluding NO2 is 1. The van der Waals surface area contributed by atoms with Crippen LogP contribution in [0, 0.1) is 10.8 Å². The molecule has 1 rings (SSSR count). The third kappa shape index (κ3) is 1.96. The average molecular weight is 186 g/mol. The molecule has 0 radical (unpaired) electrons. The van der Waals surface area contributed by atoms with Gasteiger partial charge >= 0.3 is 5.97 Å². The highest BCUT2D eigenvalue weighted by atomic mass is 16.4. The van der Waals surface area contributed by atoms with Crippen LogP contribution < -0.4 is 0 Å². The van der Waals surface area contributed by atoms with E-state index in [1.807, 2.05) is 13.8 Å². The third-order valence-electron chi connectivity index (χ3n) is 2.58. The van der Waals surface area contributed by atoms with Gasteiger partial charge in [-0.25, -0.2) is 0 Å². The van der Waals surface area contributed by atoms with Crippen LogP contribution in [-0.2, 0) is 4.79 Å². The summed E-state index contributed by atoms with van der Waals surface area (Å²) in [7, 11) is 0. The van der Waals surface area contributed by atoms with Gasteiger partial charge in [-0.3, -0.25) is 9.80 Å². The molecule has 1 unspecified atom stereocenters. The van der Waals surface area contributed by atoms with Crippen LogP contribution in [0.25, 0.3) is 0 Å². The quantitative estimate of drug-likeness (QED) is 0.659. The van der Waals surface area contributed by atoms with Crippen LogP contribution in [0.3, 0.4) is 0 Å². The predicted molar refractivity (Wildman–Crippen MR) is 46.9 cm³/mol. The SMILES string of the molecule is CC1(C)CC(C(=O)O)CCN1N=O. The van der Waals surface area contributed by atoms with Gasteiger partial charge in [-0.05, 0) is 26.7 Å². The number of nitrogens with zero attached hydrogens (tertiary/aromatic N) is 2. The lowest BCUT2D eigenvalue weighted by Gasteiger charge is -2.40. The third-order valence-corrected chi connectivity index (χ3v) is 2.58. The number of carboxylic acid groups (broad SMARTS) is 1. The Hall–Kier alpha value is -1.13. The van der Waals surface area contributed by atoms with Crippen LogP contribution in [0.2, 0.25) is 0 Å². The number of aliphatic carboxylic acids is 1. The van der Waals surface area contributed by atoms with Crippen molar-refractivity contribution in [2.45, 2.75) is 32.2 Å². The molecule has 0 amide bonds. The fourth-order valence-electron chi connectivity index (χ4n) is 1.75. The van der Waals surface area contributed by atoms with E-state index in [0.717, 1.165) is 0 Å². The first-order chi connectivity index (χ1) is 5.97. The van der Waals surface area contributed by atoms with Crippen LogP contribution >= 0.6 is 0 Å². The van der Waals surface area contributed by atoms with Crippen molar-refractivity contribution in [1.29, 1.82) is 0 Å². The summed E-state index contributed by atoms with van der Waals surface area (Å²) in [6.45, 7) is 4.11. The van der Waals surface area contributed by atoms with Crippen molar-refractivity contribution in [3.8, 4) is 0 Å². The molecule has 5 nitrogen and oxygen atoms in total. The molecule has 0 bridgehead atoms. The summed E-state index contributed by atoms with van der Waals surface area (Å²) in [6.07, 6.45) is 0.985. The second-order valence-electron chi connectivity index (χ2n) is 4.05. The molecule has 5 heteroatoms. The number of hydrogen-bond acceptors (Lipinski definition) is 3. The fourth-order valence-corrected chi connectivity index (χ4v) is 1.75. The van der Waals surface area contributed by atoms with Crippen molar-refractivity contribution in [2.24, 2.45) is 11.2 Å². The molecule has 1 heterocycles. The van der Waals surface area contributed by atoms with Gasteiger partial charge < -0.3 is 5.11 Å². The Morgan fingerprint density at radius 3 is 2.62 bits per heavy atom. The highest BCUT2D eigenvalue weighted by Crippen LogP contribution is 2.31. The van der Waals surface area contributed by atoms with Gasteiger partial charge in [-0.1, -0.05) is 0 Å². The minimum atomic E-state index is -0.779. The van der Waals surface area contributed by atoms with Crippen molar-refractivity contribution in [2.75, 3.05) is 6.54 Å². The molecular weight excluding hydrogens is 172 g/mol. The highest BCUT2D eigenvalue weighted by Gasteiger charge is 2.37. The number of piperidine rings is 1. The zero-order valence-electron chi connectivity index (χ0n) is 7.86.